The summed E-state index contributed by atoms with van der Waals surface area (Å²) in [5.74, 6) is 0.380. The average Bonchev–Trinajstić information content (AvgIpc) is 3.25. The van der Waals surface area contributed by atoms with Crippen molar-refractivity contribution in [2.75, 3.05) is 31.9 Å². The number of amides is 2. The maximum Gasteiger partial charge on any atom is 0.326 e. The quantitative estimate of drug-likeness (QED) is 0.664. The van der Waals surface area contributed by atoms with Gasteiger partial charge in [-0.05, 0) is 37.3 Å². The van der Waals surface area contributed by atoms with E-state index in [1.54, 1.807) is 30.3 Å². The Morgan fingerprint density at radius 3 is 2.45 bits per heavy atom. The number of anilines is 1. The van der Waals surface area contributed by atoms with Gasteiger partial charge in [0.15, 0.2) is 29.1 Å². The van der Waals surface area contributed by atoms with Crippen molar-refractivity contribution < 1.29 is 38.1 Å². The zero-order valence-electron chi connectivity index (χ0n) is 16.6. The number of benzene rings is 2. The van der Waals surface area contributed by atoms with Gasteiger partial charge in [0, 0.05) is 17.3 Å². The molecule has 2 aromatic carbocycles. The Hall–Kier alpha value is -3.95. The second-order valence-corrected chi connectivity index (χ2v) is 6.73. The summed E-state index contributed by atoms with van der Waals surface area (Å²) < 4.78 is 26.4. The van der Waals surface area contributed by atoms with E-state index >= 15 is 0 Å². The Labute approximate surface area is 177 Å². The van der Waals surface area contributed by atoms with Crippen LogP contribution in [0.1, 0.15) is 17.3 Å². The lowest BCUT2D eigenvalue weighted by atomic mass is 10.2. The number of fused-ring (bicyclic) bond motifs is 2. The summed E-state index contributed by atoms with van der Waals surface area (Å²) in [5.41, 5.74) is 0.787. The lowest BCUT2D eigenvalue weighted by molar-refractivity contribution is -0.152. The molecule has 2 aliphatic rings. The Bertz CT molecular complexity index is 1020. The lowest BCUT2D eigenvalue weighted by Gasteiger charge is -2.19. The first-order chi connectivity index (χ1) is 15.0. The SMILES string of the molecule is CC(OC(=O)CNC(=O)c1ccc2c(c1)OCO2)C(=O)Nc1ccc2c(c1)OCCO2. The van der Waals surface area contributed by atoms with Crippen LogP contribution in [0.5, 0.6) is 23.0 Å². The lowest BCUT2D eigenvalue weighted by Crippen LogP contribution is -2.35. The molecular weight excluding hydrogens is 408 g/mol. The normalized spacial score (nSPS) is 14.4. The van der Waals surface area contributed by atoms with Crippen molar-refractivity contribution in [1.29, 1.82) is 0 Å². The zero-order valence-corrected chi connectivity index (χ0v) is 16.6. The summed E-state index contributed by atoms with van der Waals surface area (Å²) >= 11 is 0. The minimum atomic E-state index is -1.07. The first-order valence-corrected chi connectivity index (χ1v) is 9.57. The molecular formula is C21H20N2O8. The van der Waals surface area contributed by atoms with Crippen LogP contribution in [0.2, 0.25) is 0 Å². The molecule has 1 unspecified atom stereocenters. The fourth-order valence-electron chi connectivity index (χ4n) is 2.95. The first-order valence-electron chi connectivity index (χ1n) is 9.57. The second-order valence-electron chi connectivity index (χ2n) is 6.73. The Balaban J connectivity index is 1.25. The van der Waals surface area contributed by atoms with E-state index in [2.05, 4.69) is 10.6 Å². The van der Waals surface area contributed by atoms with Crippen LogP contribution in [0, 0.1) is 0 Å². The van der Waals surface area contributed by atoms with Crippen LogP contribution in [0.25, 0.3) is 0 Å². The van der Waals surface area contributed by atoms with Gasteiger partial charge in [-0.25, -0.2) is 0 Å². The van der Waals surface area contributed by atoms with Crippen molar-refractivity contribution in [2.45, 2.75) is 13.0 Å². The van der Waals surface area contributed by atoms with Gasteiger partial charge in [0.05, 0.1) is 0 Å². The van der Waals surface area contributed by atoms with Crippen LogP contribution < -0.4 is 29.6 Å². The molecule has 4 rings (SSSR count). The van der Waals surface area contributed by atoms with Crippen LogP contribution in [0.3, 0.4) is 0 Å². The van der Waals surface area contributed by atoms with Gasteiger partial charge in [-0.1, -0.05) is 0 Å². The third-order valence-electron chi connectivity index (χ3n) is 4.52. The van der Waals surface area contributed by atoms with Gasteiger partial charge in [-0.3, -0.25) is 14.4 Å². The second kappa shape index (κ2) is 8.82. The molecule has 162 valence electrons. The zero-order chi connectivity index (χ0) is 21.8. The van der Waals surface area contributed by atoms with Crippen molar-refractivity contribution >= 4 is 23.5 Å². The van der Waals surface area contributed by atoms with Crippen LogP contribution in [-0.4, -0.2) is 50.4 Å². The molecule has 2 aromatic rings. The van der Waals surface area contributed by atoms with Gasteiger partial charge < -0.3 is 34.3 Å². The Kier molecular flexibility index (Phi) is 5.78. The van der Waals surface area contributed by atoms with E-state index in [4.69, 9.17) is 23.7 Å². The molecule has 0 bridgehead atoms. The molecule has 2 aliphatic heterocycles. The third-order valence-corrected chi connectivity index (χ3v) is 4.52. The van der Waals surface area contributed by atoms with E-state index < -0.39 is 30.4 Å². The average molecular weight is 428 g/mol. The standard InChI is InChI=1S/C21H20N2O8/c1-12(20(25)23-14-3-5-15-18(9-14)28-7-6-27-15)31-19(24)10-22-21(26)13-2-4-16-17(8-13)30-11-29-16/h2-5,8-9,12H,6-7,10-11H2,1H3,(H,22,26)(H,23,25). The van der Waals surface area contributed by atoms with E-state index in [0.29, 0.717) is 47.5 Å². The molecule has 10 nitrogen and oxygen atoms in total. The number of carbonyl (C=O) groups excluding carboxylic acids is 3. The molecule has 0 saturated heterocycles. The van der Waals surface area contributed by atoms with Crippen molar-refractivity contribution in [2.24, 2.45) is 0 Å². The Morgan fingerprint density at radius 2 is 1.61 bits per heavy atom. The van der Waals surface area contributed by atoms with E-state index in [9.17, 15) is 14.4 Å². The van der Waals surface area contributed by atoms with Gasteiger partial charge in [0.2, 0.25) is 6.79 Å². The molecule has 0 saturated carbocycles. The maximum atomic E-state index is 12.3. The van der Waals surface area contributed by atoms with Crippen molar-refractivity contribution in [1.82, 2.24) is 5.32 Å². The fourth-order valence-corrected chi connectivity index (χ4v) is 2.95. The van der Waals surface area contributed by atoms with Crippen molar-refractivity contribution in [3.05, 3.63) is 42.0 Å². The molecule has 0 fully saturated rings. The summed E-state index contributed by atoms with van der Waals surface area (Å²) in [4.78, 5) is 36.5. The van der Waals surface area contributed by atoms with Gasteiger partial charge in [-0.2, -0.15) is 0 Å². The topological polar surface area (TPSA) is 121 Å². The number of ether oxygens (including phenoxy) is 5. The Morgan fingerprint density at radius 1 is 0.935 bits per heavy atom. The third kappa shape index (κ3) is 4.80. The van der Waals surface area contributed by atoms with Crippen LogP contribution >= 0.6 is 0 Å². The molecule has 10 heteroatoms. The molecule has 2 heterocycles. The smallest absolute Gasteiger partial charge is 0.326 e. The molecule has 0 radical (unpaired) electrons. The highest BCUT2D eigenvalue weighted by Crippen LogP contribution is 2.33. The predicted octanol–water partition coefficient (Wildman–Crippen LogP) is 1.49. The molecule has 2 amide bonds. The first kappa shape index (κ1) is 20.3. The monoisotopic (exact) mass is 428 g/mol. The number of esters is 1. The summed E-state index contributed by atoms with van der Waals surface area (Å²) in [5, 5.41) is 5.09. The summed E-state index contributed by atoms with van der Waals surface area (Å²) in [6.45, 7) is 2.03. The molecule has 0 aliphatic carbocycles. The molecule has 0 spiro atoms. The van der Waals surface area contributed by atoms with Gasteiger partial charge in [0.25, 0.3) is 11.8 Å². The summed E-state index contributed by atoms with van der Waals surface area (Å²) in [6.07, 6.45) is -1.07. The predicted molar refractivity (Wildman–Crippen MR) is 107 cm³/mol. The number of hydrogen-bond acceptors (Lipinski definition) is 8. The number of nitrogens with one attached hydrogen (secondary N) is 2. The summed E-state index contributed by atoms with van der Waals surface area (Å²) in [7, 11) is 0. The highest BCUT2D eigenvalue weighted by Gasteiger charge is 2.21. The highest BCUT2D eigenvalue weighted by molar-refractivity contribution is 5.98. The van der Waals surface area contributed by atoms with E-state index in [1.165, 1.54) is 13.0 Å². The minimum Gasteiger partial charge on any atom is -0.486 e. The molecule has 31 heavy (non-hydrogen) atoms. The molecule has 0 aromatic heterocycles. The number of hydrogen-bond donors (Lipinski definition) is 2. The number of rotatable bonds is 6. The molecule has 2 N–H and O–H groups in total. The maximum absolute atomic E-state index is 12.3. The highest BCUT2D eigenvalue weighted by atomic mass is 16.7. The number of carbonyl (C=O) groups is 3. The van der Waals surface area contributed by atoms with E-state index in [-0.39, 0.29) is 6.79 Å². The van der Waals surface area contributed by atoms with Crippen LogP contribution in [0.4, 0.5) is 5.69 Å². The van der Waals surface area contributed by atoms with Gasteiger partial charge >= 0.3 is 5.97 Å². The fraction of sp³-hybridized carbons (Fsp3) is 0.286. The largest absolute Gasteiger partial charge is 0.486 e. The minimum absolute atomic E-state index is 0.0962. The summed E-state index contributed by atoms with van der Waals surface area (Å²) in [6, 6.07) is 9.66. The van der Waals surface area contributed by atoms with Crippen LogP contribution in [-0.2, 0) is 14.3 Å². The molecule has 1 atom stereocenters. The van der Waals surface area contributed by atoms with E-state index in [1.807, 2.05) is 0 Å². The van der Waals surface area contributed by atoms with Gasteiger partial charge in [0.1, 0.15) is 19.8 Å². The van der Waals surface area contributed by atoms with Crippen molar-refractivity contribution in [3.8, 4) is 23.0 Å². The van der Waals surface area contributed by atoms with Crippen molar-refractivity contribution in [3.63, 3.8) is 0 Å². The van der Waals surface area contributed by atoms with Crippen LogP contribution in [0.15, 0.2) is 36.4 Å². The van der Waals surface area contributed by atoms with Gasteiger partial charge in [-0.15, -0.1) is 0 Å². The van der Waals surface area contributed by atoms with E-state index in [0.717, 1.165) is 0 Å².